The fourth-order valence-electron chi connectivity index (χ4n) is 2.27. The molecule has 0 aliphatic rings. The Morgan fingerprint density at radius 1 is 0.913 bits per heavy atom. The number of halogens is 4. The molecule has 1 heterocycles. The van der Waals surface area contributed by atoms with Crippen LogP contribution in [0.4, 0.5) is 13.2 Å². The maximum Gasteiger partial charge on any atom is 0.416 e. The van der Waals surface area contributed by atoms with Crippen molar-refractivity contribution in [3.05, 3.63) is 77.3 Å². The van der Waals surface area contributed by atoms with Gasteiger partial charge >= 0.3 is 6.18 Å². The molecule has 2 nitrogen and oxygen atoms in total. The first-order chi connectivity index (χ1) is 10.9. The lowest BCUT2D eigenvalue weighted by Gasteiger charge is -2.09. The van der Waals surface area contributed by atoms with Gasteiger partial charge in [0.15, 0.2) is 0 Å². The van der Waals surface area contributed by atoms with E-state index in [2.05, 4.69) is 4.98 Å². The molecule has 0 spiro atoms. The standard InChI is InChI=1S/C17H12ClF3N2/c18-16-9-22-11-23(16)10-12-1-3-13(4-2-12)14-5-7-15(8-6-14)17(19,20)21/h1-9,11H,10H2. The van der Waals surface area contributed by atoms with Crippen LogP contribution in [0.2, 0.25) is 5.15 Å². The molecule has 0 unspecified atom stereocenters. The molecule has 118 valence electrons. The molecule has 2 aromatic carbocycles. The number of imidazole rings is 1. The molecule has 0 fully saturated rings. The van der Waals surface area contributed by atoms with Crippen LogP contribution >= 0.6 is 11.6 Å². The Morgan fingerprint density at radius 2 is 1.48 bits per heavy atom. The van der Waals surface area contributed by atoms with Gasteiger partial charge in [0.05, 0.1) is 18.1 Å². The number of aromatic nitrogens is 2. The highest BCUT2D eigenvalue weighted by Crippen LogP contribution is 2.31. The normalized spacial score (nSPS) is 11.7. The molecule has 1 aromatic heterocycles. The minimum Gasteiger partial charge on any atom is -0.317 e. The SMILES string of the molecule is FC(F)(F)c1ccc(-c2ccc(Cn3cncc3Cl)cc2)cc1. The largest absolute Gasteiger partial charge is 0.416 e. The van der Waals surface area contributed by atoms with Crippen LogP contribution < -0.4 is 0 Å². The Kier molecular flexibility index (Phi) is 4.13. The highest BCUT2D eigenvalue weighted by Gasteiger charge is 2.29. The first-order valence-electron chi connectivity index (χ1n) is 6.86. The van der Waals surface area contributed by atoms with Crippen molar-refractivity contribution in [2.75, 3.05) is 0 Å². The van der Waals surface area contributed by atoms with Gasteiger partial charge in [-0.25, -0.2) is 4.98 Å². The van der Waals surface area contributed by atoms with Crippen molar-refractivity contribution in [3.63, 3.8) is 0 Å². The third-order valence-electron chi connectivity index (χ3n) is 3.51. The number of hydrogen-bond donors (Lipinski definition) is 0. The van der Waals surface area contributed by atoms with E-state index in [1.165, 1.54) is 12.1 Å². The monoisotopic (exact) mass is 336 g/mol. The smallest absolute Gasteiger partial charge is 0.317 e. The summed E-state index contributed by atoms with van der Waals surface area (Å²) in [5.74, 6) is 0. The molecular formula is C17H12ClF3N2. The van der Waals surface area contributed by atoms with E-state index in [4.69, 9.17) is 11.6 Å². The van der Waals surface area contributed by atoms with Crippen LogP contribution in [0.3, 0.4) is 0 Å². The van der Waals surface area contributed by atoms with Gasteiger partial charge < -0.3 is 4.57 Å². The zero-order valence-corrected chi connectivity index (χ0v) is 12.6. The summed E-state index contributed by atoms with van der Waals surface area (Å²) in [6.45, 7) is 0.589. The molecule has 6 heteroatoms. The van der Waals surface area contributed by atoms with Crippen LogP contribution in [-0.4, -0.2) is 9.55 Å². The van der Waals surface area contributed by atoms with Gasteiger partial charge in [-0.2, -0.15) is 13.2 Å². The number of rotatable bonds is 3. The van der Waals surface area contributed by atoms with Crippen LogP contribution in [-0.2, 0) is 12.7 Å². The van der Waals surface area contributed by atoms with Crippen molar-refractivity contribution in [2.24, 2.45) is 0 Å². The number of benzene rings is 2. The van der Waals surface area contributed by atoms with Crippen LogP contribution in [0.25, 0.3) is 11.1 Å². The Balaban J connectivity index is 1.78. The lowest BCUT2D eigenvalue weighted by molar-refractivity contribution is -0.137. The lowest BCUT2D eigenvalue weighted by Crippen LogP contribution is -2.04. The Morgan fingerprint density at radius 3 is 1.96 bits per heavy atom. The fourth-order valence-corrected chi connectivity index (χ4v) is 2.43. The predicted molar refractivity (Wildman–Crippen MR) is 83.2 cm³/mol. The second-order valence-electron chi connectivity index (χ2n) is 5.12. The zero-order chi connectivity index (χ0) is 16.4. The Bertz CT molecular complexity index is 790. The second-order valence-corrected chi connectivity index (χ2v) is 5.50. The Hall–Kier alpha value is -2.27. The summed E-state index contributed by atoms with van der Waals surface area (Å²) >= 11 is 5.98. The molecule has 0 radical (unpaired) electrons. The molecule has 3 aromatic rings. The van der Waals surface area contributed by atoms with Crippen molar-refractivity contribution < 1.29 is 13.2 Å². The van der Waals surface area contributed by atoms with E-state index in [1.54, 1.807) is 17.1 Å². The molecule has 0 saturated heterocycles. The highest BCUT2D eigenvalue weighted by molar-refractivity contribution is 6.29. The molecule has 23 heavy (non-hydrogen) atoms. The fraction of sp³-hybridized carbons (Fsp3) is 0.118. The van der Waals surface area contributed by atoms with E-state index in [1.807, 2.05) is 24.3 Å². The van der Waals surface area contributed by atoms with Crippen LogP contribution in [0, 0.1) is 0 Å². The zero-order valence-electron chi connectivity index (χ0n) is 11.9. The molecule has 0 saturated carbocycles. The van der Waals surface area contributed by atoms with Crippen LogP contribution in [0.1, 0.15) is 11.1 Å². The predicted octanol–water partition coefficient (Wildman–Crippen LogP) is 5.27. The van der Waals surface area contributed by atoms with Gasteiger partial charge in [-0.3, -0.25) is 0 Å². The van der Waals surface area contributed by atoms with Gasteiger partial charge in [0.2, 0.25) is 0 Å². The van der Waals surface area contributed by atoms with Crippen molar-refractivity contribution in [3.8, 4) is 11.1 Å². The summed E-state index contributed by atoms with van der Waals surface area (Å²) < 4.78 is 39.5. The van der Waals surface area contributed by atoms with Crippen molar-refractivity contribution in [1.82, 2.24) is 9.55 Å². The van der Waals surface area contributed by atoms with Crippen LogP contribution in [0.15, 0.2) is 61.1 Å². The summed E-state index contributed by atoms with van der Waals surface area (Å²) in [6, 6.07) is 12.7. The first kappa shape index (κ1) is 15.6. The maximum atomic E-state index is 12.6. The average Bonchev–Trinajstić information content (AvgIpc) is 2.93. The summed E-state index contributed by atoms with van der Waals surface area (Å²) in [4.78, 5) is 3.95. The van der Waals surface area contributed by atoms with E-state index in [-0.39, 0.29) is 0 Å². The molecule has 0 aliphatic carbocycles. The topological polar surface area (TPSA) is 17.8 Å². The van der Waals surface area contributed by atoms with Gasteiger partial charge in [0.25, 0.3) is 0 Å². The minimum absolute atomic E-state index is 0.553. The summed E-state index contributed by atoms with van der Waals surface area (Å²) in [5.41, 5.74) is 1.98. The molecule has 0 atom stereocenters. The van der Waals surface area contributed by atoms with E-state index in [0.717, 1.165) is 28.8 Å². The van der Waals surface area contributed by atoms with Crippen LogP contribution in [0.5, 0.6) is 0 Å². The average molecular weight is 337 g/mol. The van der Waals surface area contributed by atoms with Crippen molar-refractivity contribution in [2.45, 2.75) is 12.7 Å². The molecule has 0 aliphatic heterocycles. The Labute approximate surface area is 136 Å². The maximum absolute atomic E-state index is 12.6. The van der Waals surface area contributed by atoms with Gasteiger partial charge in [-0.15, -0.1) is 0 Å². The third-order valence-corrected chi connectivity index (χ3v) is 3.83. The molecule has 3 rings (SSSR count). The van der Waals surface area contributed by atoms with E-state index in [0.29, 0.717) is 11.7 Å². The summed E-state index contributed by atoms with van der Waals surface area (Å²) in [6.07, 6.45) is -1.10. The van der Waals surface area contributed by atoms with E-state index < -0.39 is 11.7 Å². The van der Waals surface area contributed by atoms with Crippen molar-refractivity contribution >= 4 is 11.6 Å². The molecule has 0 amide bonds. The van der Waals surface area contributed by atoms with Gasteiger partial charge in [-0.05, 0) is 28.8 Å². The number of nitrogens with zero attached hydrogens (tertiary/aromatic N) is 2. The van der Waals surface area contributed by atoms with Gasteiger partial charge in [-0.1, -0.05) is 48.0 Å². The van der Waals surface area contributed by atoms with Gasteiger partial charge in [0.1, 0.15) is 5.15 Å². The first-order valence-corrected chi connectivity index (χ1v) is 7.23. The molecular weight excluding hydrogens is 325 g/mol. The number of alkyl halides is 3. The lowest BCUT2D eigenvalue weighted by atomic mass is 10.0. The molecule has 0 bridgehead atoms. The van der Waals surface area contributed by atoms with E-state index in [9.17, 15) is 13.2 Å². The minimum atomic E-state index is -4.31. The third kappa shape index (κ3) is 3.56. The van der Waals surface area contributed by atoms with Crippen molar-refractivity contribution in [1.29, 1.82) is 0 Å². The molecule has 0 N–H and O–H groups in total. The second kappa shape index (κ2) is 6.08. The van der Waals surface area contributed by atoms with E-state index >= 15 is 0 Å². The number of hydrogen-bond acceptors (Lipinski definition) is 1. The summed E-state index contributed by atoms with van der Waals surface area (Å²) in [7, 11) is 0. The highest BCUT2D eigenvalue weighted by atomic mass is 35.5. The van der Waals surface area contributed by atoms with Gasteiger partial charge in [0, 0.05) is 6.54 Å². The summed E-state index contributed by atoms with van der Waals surface area (Å²) in [5, 5.41) is 0.553. The quantitative estimate of drug-likeness (QED) is 0.637.